The molecule has 0 aromatic heterocycles. The van der Waals surface area contributed by atoms with E-state index in [1.165, 1.54) is 12.1 Å². The zero-order chi connectivity index (χ0) is 17.5. The van der Waals surface area contributed by atoms with Crippen molar-refractivity contribution in [2.75, 3.05) is 19.7 Å². The third-order valence-corrected chi connectivity index (χ3v) is 4.39. The molecule has 1 fully saturated rings. The highest BCUT2D eigenvalue weighted by Gasteiger charge is 2.24. The van der Waals surface area contributed by atoms with E-state index in [9.17, 15) is 9.18 Å². The topological polar surface area (TPSA) is 41.6 Å². The molecule has 132 valence electrons. The number of ether oxygens (including phenoxy) is 1. The highest BCUT2D eigenvalue weighted by atomic mass is 19.1. The third-order valence-electron chi connectivity index (χ3n) is 4.39. The third kappa shape index (κ3) is 5.21. The molecule has 1 aliphatic rings. The molecule has 25 heavy (non-hydrogen) atoms. The van der Waals surface area contributed by atoms with Crippen LogP contribution in [0.15, 0.2) is 54.6 Å². The van der Waals surface area contributed by atoms with E-state index in [1.54, 1.807) is 12.1 Å². The summed E-state index contributed by atoms with van der Waals surface area (Å²) in [6, 6.07) is 15.9. The highest BCUT2D eigenvalue weighted by molar-refractivity contribution is 5.74. The Morgan fingerprint density at radius 1 is 1.16 bits per heavy atom. The first-order valence-electron chi connectivity index (χ1n) is 8.66. The van der Waals surface area contributed by atoms with Gasteiger partial charge in [-0.25, -0.2) is 9.18 Å². The van der Waals surface area contributed by atoms with Gasteiger partial charge in [0.1, 0.15) is 11.6 Å². The Morgan fingerprint density at radius 2 is 1.92 bits per heavy atom. The molecule has 3 rings (SSSR count). The van der Waals surface area contributed by atoms with Crippen LogP contribution < -0.4 is 10.1 Å². The Hall–Kier alpha value is -2.56. The molecule has 1 heterocycles. The number of nitrogens with zero attached hydrogens (tertiary/aromatic N) is 1. The van der Waals surface area contributed by atoms with Crippen molar-refractivity contribution in [2.45, 2.75) is 19.4 Å². The van der Waals surface area contributed by atoms with E-state index in [0.29, 0.717) is 31.4 Å². The summed E-state index contributed by atoms with van der Waals surface area (Å²) >= 11 is 0. The number of nitrogens with one attached hydrogen (secondary N) is 1. The predicted molar refractivity (Wildman–Crippen MR) is 94.9 cm³/mol. The van der Waals surface area contributed by atoms with Crippen LogP contribution in [-0.2, 0) is 6.54 Å². The second kappa shape index (κ2) is 8.51. The molecule has 0 aliphatic carbocycles. The van der Waals surface area contributed by atoms with E-state index in [-0.39, 0.29) is 11.8 Å². The Morgan fingerprint density at radius 3 is 2.68 bits per heavy atom. The Bertz CT molecular complexity index is 676. The van der Waals surface area contributed by atoms with E-state index in [0.717, 1.165) is 24.9 Å². The lowest BCUT2D eigenvalue weighted by Gasteiger charge is -2.32. The summed E-state index contributed by atoms with van der Waals surface area (Å²) in [5.41, 5.74) is 1.09. The smallest absolute Gasteiger partial charge is 0.317 e. The van der Waals surface area contributed by atoms with Crippen molar-refractivity contribution in [3.8, 4) is 5.75 Å². The molecule has 2 aromatic carbocycles. The van der Waals surface area contributed by atoms with Gasteiger partial charge in [0.2, 0.25) is 0 Å². The van der Waals surface area contributed by atoms with Gasteiger partial charge in [0, 0.05) is 25.6 Å². The quantitative estimate of drug-likeness (QED) is 0.897. The molecule has 1 aliphatic heterocycles. The van der Waals surface area contributed by atoms with Gasteiger partial charge in [0.25, 0.3) is 0 Å². The molecular weight excluding hydrogens is 319 g/mol. The van der Waals surface area contributed by atoms with Crippen LogP contribution in [0.3, 0.4) is 0 Å². The molecule has 0 saturated carbocycles. The zero-order valence-corrected chi connectivity index (χ0v) is 14.2. The van der Waals surface area contributed by atoms with Crippen LogP contribution in [0.4, 0.5) is 9.18 Å². The molecule has 2 aromatic rings. The first-order chi connectivity index (χ1) is 12.2. The lowest BCUT2D eigenvalue weighted by Crippen LogP contribution is -2.46. The fraction of sp³-hybridized carbons (Fsp3) is 0.350. The van der Waals surface area contributed by atoms with Crippen LogP contribution >= 0.6 is 0 Å². The van der Waals surface area contributed by atoms with Gasteiger partial charge in [-0.3, -0.25) is 0 Å². The second-order valence-electron chi connectivity index (χ2n) is 6.36. The van der Waals surface area contributed by atoms with Crippen molar-refractivity contribution in [1.82, 2.24) is 10.2 Å². The molecule has 1 unspecified atom stereocenters. The van der Waals surface area contributed by atoms with E-state index in [4.69, 9.17) is 4.74 Å². The first kappa shape index (κ1) is 17.3. The summed E-state index contributed by atoms with van der Waals surface area (Å²) in [5, 5.41) is 2.97. The van der Waals surface area contributed by atoms with Crippen LogP contribution in [-0.4, -0.2) is 30.6 Å². The van der Waals surface area contributed by atoms with Crippen molar-refractivity contribution in [3.05, 3.63) is 66.0 Å². The minimum absolute atomic E-state index is 0.0321. The number of carbonyl (C=O) groups excluding carboxylic acids is 1. The molecule has 1 atom stereocenters. The van der Waals surface area contributed by atoms with Gasteiger partial charge in [-0.15, -0.1) is 0 Å². The largest absolute Gasteiger partial charge is 0.493 e. The lowest BCUT2D eigenvalue weighted by molar-refractivity contribution is 0.137. The van der Waals surface area contributed by atoms with Crippen molar-refractivity contribution in [3.63, 3.8) is 0 Å². The highest BCUT2D eigenvalue weighted by Crippen LogP contribution is 2.19. The van der Waals surface area contributed by atoms with Gasteiger partial charge in [0.15, 0.2) is 0 Å². The van der Waals surface area contributed by atoms with Gasteiger partial charge in [-0.2, -0.15) is 0 Å². The molecule has 2 amide bonds. The number of urea groups is 1. The maximum absolute atomic E-state index is 12.9. The van der Waals surface area contributed by atoms with Crippen LogP contribution in [0.25, 0.3) is 0 Å². The van der Waals surface area contributed by atoms with E-state index in [2.05, 4.69) is 5.32 Å². The predicted octanol–water partition coefficient (Wildman–Crippen LogP) is 3.83. The average Bonchev–Trinajstić information content (AvgIpc) is 2.67. The molecule has 0 radical (unpaired) electrons. The number of halogens is 1. The van der Waals surface area contributed by atoms with Crippen molar-refractivity contribution in [2.24, 2.45) is 5.92 Å². The molecule has 1 saturated heterocycles. The second-order valence-corrected chi connectivity index (χ2v) is 6.36. The molecule has 0 bridgehead atoms. The fourth-order valence-corrected chi connectivity index (χ4v) is 3.02. The van der Waals surface area contributed by atoms with Crippen molar-refractivity contribution >= 4 is 6.03 Å². The maximum atomic E-state index is 12.9. The number of benzene rings is 2. The van der Waals surface area contributed by atoms with Crippen LogP contribution in [0.5, 0.6) is 5.75 Å². The normalized spacial score (nSPS) is 17.2. The fourth-order valence-electron chi connectivity index (χ4n) is 3.02. The van der Waals surface area contributed by atoms with Gasteiger partial charge < -0.3 is 15.0 Å². The van der Waals surface area contributed by atoms with E-state index >= 15 is 0 Å². The molecular formula is C20H23FN2O2. The Kier molecular flexibility index (Phi) is 5.88. The van der Waals surface area contributed by atoms with Crippen molar-refractivity contribution in [1.29, 1.82) is 0 Å². The lowest BCUT2D eigenvalue weighted by atomic mass is 9.99. The van der Waals surface area contributed by atoms with Crippen molar-refractivity contribution < 1.29 is 13.9 Å². The molecule has 0 spiro atoms. The molecule has 1 N–H and O–H groups in total. The van der Waals surface area contributed by atoms with Gasteiger partial charge >= 0.3 is 6.03 Å². The monoisotopic (exact) mass is 342 g/mol. The van der Waals surface area contributed by atoms with Crippen LogP contribution in [0, 0.1) is 11.7 Å². The van der Waals surface area contributed by atoms with Gasteiger partial charge in [-0.05, 0) is 42.7 Å². The summed E-state index contributed by atoms with van der Waals surface area (Å²) < 4.78 is 18.6. The van der Waals surface area contributed by atoms with E-state index < -0.39 is 0 Å². The molecule has 5 heteroatoms. The summed E-state index contributed by atoms with van der Waals surface area (Å²) in [6.45, 7) is 2.52. The number of amides is 2. The number of likely N-dealkylation sites (tertiary alicyclic amines) is 1. The Labute approximate surface area is 147 Å². The number of piperidine rings is 1. The SMILES string of the molecule is O=C(NCc1ccccc1)N1CCCC(COc2ccc(F)cc2)C1. The van der Waals surface area contributed by atoms with Crippen LogP contribution in [0.1, 0.15) is 18.4 Å². The number of hydrogen-bond acceptors (Lipinski definition) is 2. The standard InChI is InChI=1S/C20H23FN2O2/c21-18-8-10-19(11-9-18)25-15-17-7-4-12-23(14-17)20(24)22-13-16-5-2-1-3-6-16/h1-3,5-6,8-11,17H,4,7,12-15H2,(H,22,24). The number of carbonyl (C=O) groups is 1. The minimum Gasteiger partial charge on any atom is -0.493 e. The Balaban J connectivity index is 1.45. The average molecular weight is 342 g/mol. The minimum atomic E-state index is -0.272. The number of hydrogen-bond donors (Lipinski definition) is 1. The van der Waals surface area contributed by atoms with Crippen LogP contribution in [0.2, 0.25) is 0 Å². The number of rotatable bonds is 5. The summed E-state index contributed by atoms with van der Waals surface area (Å²) in [7, 11) is 0. The zero-order valence-electron chi connectivity index (χ0n) is 14.2. The van der Waals surface area contributed by atoms with Gasteiger partial charge in [0.05, 0.1) is 6.61 Å². The summed E-state index contributed by atoms with van der Waals surface area (Å²) in [5.74, 6) is 0.680. The summed E-state index contributed by atoms with van der Waals surface area (Å²) in [6.07, 6.45) is 2.00. The van der Waals surface area contributed by atoms with Gasteiger partial charge in [-0.1, -0.05) is 30.3 Å². The molecule has 4 nitrogen and oxygen atoms in total. The first-order valence-corrected chi connectivity index (χ1v) is 8.66. The van der Waals surface area contributed by atoms with E-state index in [1.807, 2.05) is 35.2 Å². The summed E-state index contributed by atoms with van der Waals surface area (Å²) in [4.78, 5) is 14.2. The maximum Gasteiger partial charge on any atom is 0.317 e.